The average molecular weight is 473 g/mol. The Morgan fingerprint density at radius 1 is 1.12 bits per heavy atom. The number of hydrogen-bond donors (Lipinski definition) is 2. The summed E-state index contributed by atoms with van der Waals surface area (Å²) in [6.45, 7) is 1.85. The largest absolute Gasteiger partial charge is 0.492 e. The van der Waals surface area contributed by atoms with Gasteiger partial charge < -0.3 is 24.8 Å². The van der Waals surface area contributed by atoms with Gasteiger partial charge in [-0.2, -0.15) is 0 Å². The molecule has 1 aliphatic rings. The van der Waals surface area contributed by atoms with Crippen LogP contribution in [0.25, 0.3) is 0 Å². The Kier molecular flexibility index (Phi) is 7.76. The van der Waals surface area contributed by atoms with Gasteiger partial charge in [-0.15, -0.1) is 24.0 Å². The van der Waals surface area contributed by atoms with Crippen molar-refractivity contribution in [1.29, 1.82) is 0 Å². The van der Waals surface area contributed by atoms with Gasteiger partial charge in [0.25, 0.3) is 0 Å². The first-order chi connectivity index (χ1) is 12.2. The molecule has 140 valence electrons. The lowest BCUT2D eigenvalue weighted by molar-refractivity contribution is 0.173. The van der Waals surface area contributed by atoms with E-state index in [1.807, 2.05) is 18.2 Å². The number of guanidine groups is 1. The van der Waals surface area contributed by atoms with Crippen molar-refractivity contribution >= 4 is 29.9 Å². The first-order valence-corrected chi connectivity index (χ1v) is 7.96. The van der Waals surface area contributed by atoms with Gasteiger partial charge in [0.15, 0.2) is 17.5 Å². The molecule has 2 aromatic carbocycles. The molecule has 0 saturated heterocycles. The number of ether oxygens (including phenoxy) is 3. The highest BCUT2D eigenvalue weighted by molar-refractivity contribution is 14.0. The van der Waals surface area contributed by atoms with Gasteiger partial charge in [0.2, 0.25) is 6.79 Å². The quantitative estimate of drug-likeness (QED) is 0.293. The summed E-state index contributed by atoms with van der Waals surface area (Å²) in [6.07, 6.45) is 0. The molecule has 26 heavy (non-hydrogen) atoms. The van der Waals surface area contributed by atoms with E-state index in [4.69, 9.17) is 14.2 Å². The van der Waals surface area contributed by atoms with Crippen molar-refractivity contribution in [2.75, 3.05) is 27.0 Å². The minimum absolute atomic E-state index is 0. The molecule has 0 atom stereocenters. The normalized spacial score (nSPS) is 12.3. The predicted octanol–water partition coefficient (Wildman–Crippen LogP) is 2.92. The number of hydrogen-bond acceptors (Lipinski definition) is 4. The van der Waals surface area contributed by atoms with E-state index < -0.39 is 0 Å². The van der Waals surface area contributed by atoms with Crippen molar-refractivity contribution in [3.05, 3.63) is 53.8 Å². The SMILES string of the molecule is CN=C(NCCOc1ccc2c(c1)OCO2)NCc1ccc(F)cc1.I. The molecule has 8 heteroatoms. The van der Waals surface area contributed by atoms with E-state index in [1.165, 1.54) is 12.1 Å². The summed E-state index contributed by atoms with van der Waals surface area (Å²) >= 11 is 0. The Morgan fingerprint density at radius 2 is 1.88 bits per heavy atom. The van der Waals surface area contributed by atoms with E-state index in [1.54, 1.807) is 19.2 Å². The van der Waals surface area contributed by atoms with E-state index in [0.29, 0.717) is 31.4 Å². The van der Waals surface area contributed by atoms with Crippen LogP contribution in [-0.4, -0.2) is 33.0 Å². The minimum Gasteiger partial charge on any atom is -0.492 e. The summed E-state index contributed by atoms with van der Waals surface area (Å²) in [6, 6.07) is 11.8. The smallest absolute Gasteiger partial charge is 0.231 e. The molecule has 0 spiro atoms. The maximum Gasteiger partial charge on any atom is 0.231 e. The van der Waals surface area contributed by atoms with Crippen molar-refractivity contribution in [1.82, 2.24) is 10.6 Å². The lowest BCUT2D eigenvalue weighted by atomic mass is 10.2. The highest BCUT2D eigenvalue weighted by Gasteiger charge is 2.13. The summed E-state index contributed by atoms with van der Waals surface area (Å²) in [7, 11) is 1.69. The Bertz CT molecular complexity index is 741. The van der Waals surface area contributed by atoms with Crippen molar-refractivity contribution in [3.8, 4) is 17.2 Å². The zero-order chi connectivity index (χ0) is 17.5. The maximum absolute atomic E-state index is 12.9. The molecule has 6 nitrogen and oxygen atoms in total. The number of nitrogens with one attached hydrogen (secondary N) is 2. The van der Waals surface area contributed by atoms with Crippen LogP contribution in [0.15, 0.2) is 47.5 Å². The molecule has 0 aromatic heterocycles. The van der Waals surface area contributed by atoms with Crippen molar-refractivity contribution in [2.45, 2.75) is 6.54 Å². The van der Waals surface area contributed by atoms with Crippen LogP contribution in [0.4, 0.5) is 4.39 Å². The van der Waals surface area contributed by atoms with Crippen LogP contribution in [0.5, 0.6) is 17.2 Å². The van der Waals surface area contributed by atoms with Crippen molar-refractivity contribution in [2.24, 2.45) is 4.99 Å². The molecule has 0 aliphatic carbocycles. The number of halogens is 2. The number of aliphatic imine (C=N–C) groups is 1. The van der Waals surface area contributed by atoms with E-state index in [0.717, 1.165) is 17.1 Å². The zero-order valence-corrected chi connectivity index (χ0v) is 16.7. The summed E-state index contributed by atoms with van der Waals surface area (Å²) in [5.74, 6) is 2.56. The van der Waals surface area contributed by atoms with Crippen molar-refractivity contribution in [3.63, 3.8) is 0 Å². The summed E-state index contributed by atoms with van der Waals surface area (Å²) < 4.78 is 29.1. The molecular weight excluding hydrogens is 452 g/mol. The lowest BCUT2D eigenvalue weighted by Crippen LogP contribution is -2.38. The van der Waals surface area contributed by atoms with Gasteiger partial charge in [0, 0.05) is 19.7 Å². The number of nitrogens with zero attached hydrogens (tertiary/aromatic N) is 1. The average Bonchev–Trinajstić information content (AvgIpc) is 3.10. The molecule has 0 bridgehead atoms. The van der Waals surface area contributed by atoms with Gasteiger partial charge in [-0.3, -0.25) is 4.99 Å². The summed E-state index contributed by atoms with van der Waals surface area (Å²) in [5.41, 5.74) is 0.973. The molecule has 0 amide bonds. The highest BCUT2D eigenvalue weighted by atomic mass is 127. The van der Waals surface area contributed by atoms with E-state index in [9.17, 15) is 4.39 Å². The maximum atomic E-state index is 12.9. The van der Waals surface area contributed by atoms with E-state index >= 15 is 0 Å². The summed E-state index contributed by atoms with van der Waals surface area (Å²) in [5, 5.41) is 6.32. The van der Waals surface area contributed by atoms with Gasteiger partial charge in [-0.25, -0.2) is 4.39 Å². The van der Waals surface area contributed by atoms with Gasteiger partial charge in [0.05, 0.1) is 6.54 Å². The van der Waals surface area contributed by atoms with Crippen LogP contribution in [0.3, 0.4) is 0 Å². The Hall–Kier alpha value is -2.23. The first-order valence-electron chi connectivity index (χ1n) is 7.96. The number of fused-ring (bicyclic) bond motifs is 1. The molecule has 0 saturated carbocycles. The van der Waals surface area contributed by atoms with Crippen molar-refractivity contribution < 1.29 is 18.6 Å². The number of rotatable bonds is 6. The van der Waals surface area contributed by atoms with E-state index in [2.05, 4.69) is 15.6 Å². The van der Waals surface area contributed by atoms with E-state index in [-0.39, 0.29) is 36.6 Å². The van der Waals surface area contributed by atoms with Gasteiger partial charge in [-0.1, -0.05) is 12.1 Å². The van der Waals surface area contributed by atoms with Gasteiger partial charge in [0.1, 0.15) is 18.2 Å². The van der Waals surface area contributed by atoms with Crippen LogP contribution in [0.1, 0.15) is 5.56 Å². The van der Waals surface area contributed by atoms with Crippen LogP contribution in [-0.2, 0) is 6.54 Å². The van der Waals surface area contributed by atoms with Crippen LogP contribution >= 0.6 is 24.0 Å². The minimum atomic E-state index is -0.244. The van der Waals surface area contributed by atoms with Crippen LogP contribution in [0.2, 0.25) is 0 Å². The molecule has 3 rings (SSSR count). The fraction of sp³-hybridized carbons (Fsp3) is 0.278. The lowest BCUT2D eigenvalue weighted by Gasteiger charge is -2.12. The third kappa shape index (κ3) is 5.65. The van der Waals surface area contributed by atoms with Crippen LogP contribution in [0, 0.1) is 5.82 Å². The van der Waals surface area contributed by atoms with Crippen LogP contribution < -0.4 is 24.8 Å². The standard InChI is InChI=1S/C18H20FN3O3.HI/c1-20-18(22-11-13-2-4-14(19)5-3-13)21-8-9-23-15-6-7-16-17(10-15)25-12-24-16;/h2-7,10H,8-9,11-12H2,1H3,(H2,20,21,22);1H. The van der Waals surface area contributed by atoms with Gasteiger partial charge >= 0.3 is 0 Å². The Morgan fingerprint density at radius 3 is 2.65 bits per heavy atom. The fourth-order valence-electron chi connectivity index (χ4n) is 2.31. The zero-order valence-electron chi connectivity index (χ0n) is 14.3. The topological polar surface area (TPSA) is 64.1 Å². The van der Waals surface area contributed by atoms with Gasteiger partial charge in [-0.05, 0) is 29.8 Å². The highest BCUT2D eigenvalue weighted by Crippen LogP contribution is 2.34. The molecule has 0 unspecified atom stereocenters. The fourth-order valence-corrected chi connectivity index (χ4v) is 2.31. The summed E-state index contributed by atoms with van der Waals surface area (Å²) in [4.78, 5) is 4.14. The molecule has 0 fully saturated rings. The molecule has 1 aliphatic heterocycles. The Labute approximate surface area is 168 Å². The molecular formula is C18H21FIN3O3. The second-order valence-corrected chi connectivity index (χ2v) is 5.34. The number of benzene rings is 2. The molecule has 2 aromatic rings. The second-order valence-electron chi connectivity index (χ2n) is 5.34. The second kappa shape index (κ2) is 10.0. The molecule has 1 heterocycles. The monoisotopic (exact) mass is 473 g/mol. The molecule has 0 radical (unpaired) electrons. The third-order valence-electron chi connectivity index (χ3n) is 3.60. The Balaban J connectivity index is 0.00000243. The first kappa shape index (κ1) is 20.1. The molecule has 2 N–H and O–H groups in total. The third-order valence-corrected chi connectivity index (χ3v) is 3.60. The predicted molar refractivity (Wildman–Crippen MR) is 108 cm³/mol.